The Morgan fingerprint density at radius 1 is 1.10 bits per heavy atom. The molecule has 2 aromatic rings. The highest BCUT2D eigenvalue weighted by Gasteiger charge is 2.32. The van der Waals surface area contributed by atoms with Crippen molar-refractivity contribution in [1.29, 1.82) is 0 Å². The molecule has 9 heteroatoms. The van der Waals surface area contributed by atoms with Crippen LogP contribution in [-0.4, -0.2) is 54.9 Å². The van der Waals surface area contributed by atoms with Gasteiger partial charge in [-0.15, -0.1) is 0 Å². The highest BCUT2D eigenvalue weighted by molar-refractivity contribution is 8.18. The Morgan fingerprint density at radius 2 is 1.71 bits per heavy atom. The Kier molecular flexibility index (Phi) is 6.86. The van der Waals surface area contributed by atoms with Crippen LogP contribution in [0.3, 0.4) is 0 Å². The molecule has 1 heterocycles. The number of carbonyl (C=O) groups is 2. The van der Waals surface area contributed by atoms with Crippen LogP contribution in [0.5, 0.6) is 17.2 Å². The van der Waals surface area contributed by atoms with Gasteiger partial charge >= 0.3 is 5.97 Å². The Hall–Kier alpha value is -3.46. The minimum atomic E-state index is -1.00. The number of thioether (sulfide) groups is 1. The van der Waals surface area contributed by atoms with E-state index in [1.807, 2.05) is 6.92 Å². The number of aliphatic imine (C=N–C) groups is 1. The summed E-state index contributed by atoms with van der Waals surface area (Å²) in [5.41, 5.74) is 1.45. The van der Waals surface area contributed by atoms with E-state index in [2.05, 4.69) is 4.99 Å². The van der Waals surface area contributed by atoms with E-state index < -0.39 is 5.97 Å². The summed E-state index contributed by atoms with van der Waals surface area (Å²) in [5, 5.41) is 9.55. The fourth-order valence-electron chi connectivity index (χ4n) is 3.00. The first-order chi connectivity index (χ1) is 14.9. The number of ether oxygens (including phenoxy) is 3. The number of amidine groups is 1. The lowest BCUT2D eigenvalue weighted by Crippen LogP contribution is -2.28. The van der Waals surface area contributed by atoms with Gasteiger partial charge < -0.3 is 19.3 Å². The number of rotatable bonds is 7. The highest BCUT2D eigenvalue weighted by Crippen LogP contribution is 2.40. The van der Waals surface area contributed by atoms with Crippen LogP contribution >= 0.6 is 11.8 Å². The summed E-state index contributed by atoms with van der Waals surface area (Å²) in [7, 11) is 4.59. The minimum absolute atomic E-state index is 0.165. The number of carboxylic acids is 1. The van der Waals surface area contributed by atoms with Crippen molar-refractivity contribution in [2.45, 2.75) is 6.92 Å². The summed E-state index contributed by atoms with van der Waals surface area (Å²) < 4.78 is 16.1. The van der Waals surface area contributed by atoms with E-state index >= 15 is 0 Å². The van der Waals surface area contributed by atoms with Crippen molar-refractivity contribution in [3.8, 4) is 17.2 Å². The molecule has 0 spiro atoms. The van der Waals surface area contributed by atoms with E-state index in [0.29, 0.717) is 45.1 Å². The maximum absolute atomic E-state index is 12.9. The number of likely N-dealkylation sites (N-methyl/N-ethyl adjacent to an activating group) is 1. The molecule has 8 nitrogen and oxygen atoms in total. The van der Waals surface area contributed by atoms with Crippen molar-refractivity contribution in [2.75, 3.05) is 27.9 Å². The van der Waals surface area contributed by atoms with E-state index in [1.54, 1.807) is 35.2 Å². The van der Waals surface area contributed by atoms with Crippen LogP contribution in [0.1, 0.15) is 22.8 Å². The molecule has 0 atom stereocenters. The average Bonchev–Trinajstić information content (AvgIpc) is 3.06. The molecule has 0 aliphatic carbocycles. The first-order valence-electron chi connectivity index (χ1n) is 9.35. The molecular weight excluding hydrogens is 420 g/mol. The number of aromatic carboxylic acids is 1. The Balaban J connectivity index is 1.96. The highest BCUT2D eigenvalue weighted by atomic mass is 32.2. The Labute approximate surface area is 184 Å². The van der Waals surface area contributed by atoms with Gasteiger partial charge in [0.2, 0.25) is 5.75 Å². The summed E-state index contributed by atoms with van der Waals surface area (Å²) >= 11 is 1.25. The van der Waals surface area contributed by atoms with Gasteiger partial charge in [0.05, 0.1) is 37.5 Å². The molecule has 162 valence electrons. The predicted molar refractivity (Wildman–Crippen MR) is 120 cm³/mol. The third kappa shape index (κ3) is 4.66. The second-order valence-corrected chi connectivity index (χ2v) is 7.37. The number of amides is 1. The minimum Gasteiger partial charge on any atom is -0.493 e. The van der Waals surface area contributed by atoms with Crippen molar-refractivity contribution in [3.05, 3.63) is 52.4 Å². The molecule has 0 unspecified atom stereocenters. The topological polar surface area (TPSA) is 97.7 Å². The molecule has 1 fully saturated rings. The number of nitrogens with zero attached hydrogens (tertiary/aromatic N) is 2. The second kappa shape index (κ2) is 9.57. The van der Waals surface area contributed by atoms with E-state index in [4.69, 9.17) is 19.3 Å². The smallest absolute Gasteiger partial charge is 0.335 e. The number of carbonyl (C=O) groups excluding carboxylic acids is 1. The summed E-state index contributed by atoms with van der Waals surface area (Å²) in [4.78, 5) is 30.5. The fourth-order valence-corrected chi connectivity index (χ4v) is 4.06. The van der Waals surface area contributed by atoms with Crippen LogP contribution in [0.2, 0.25) is 0 Å². The molecular formula is C22H22N2O6S. The molecule has 0 bridgehead atoms. The van der Waals surface area contributed by atoms with Gasteiger partial charge in [-0.25, -0.2) is 9.79 Å². The fraction of sp³-hybridized carbons (Fsp3) is 0.227. The third-order valence-corrected chi connectivity index (χ3v) is 5.53. The summed E-state index contributed by atoms with van der Waals surface area (Å²) in [6, 6.07) is 9.70. The maximum Gasteiger partial charge on any atom is 0.335 e. The number of hydrogen-bond donors (Lipinski definition) is 1. The number of benzene rings is 2. The van der Waals surface area contributed by atoms with Gasteiger partial charge in [-0.05, 0) is 66.7 Å². The monoisotopic (exact) mass is 442 g/mol. The zero-order valence-corrected chi connectivity index (χ0v) is 18.4. The molecule has 31 heavy (non-hydrogen) atoms. The quantitative estimate of drug-likeness (QED) is 0.647. The lowest BCUT2D eigenvalue weighted by atomic mass is 10.1. The molecule has 1 N–H and O–H groups in total. The van der Waals surface area contributed by atoms with Crippen LogP contribution in [0.15, 0.2) is 46.3 Å². The molecule has 0 aromatic heterocycles. The van der Waals surface area contributed by atoms with Gasteiger partial charge in [0, 0.05) is 6.54 Å². The predicted octanol–water partition coefficient (Wildman–Crippen LogP) is 4.03. The average molecular weight is 442 g/mol. The Bertz CT molecular complexity index is 1040. The molecule has 1 aliphatic rings. The van der Waals surface area contributed by atoms with Crippen LogP contribution in [0.25, 0.3) is 6.08 Å². The molecule has 1 amide bonds. The SMILES string of the molecule is CCN1C(=O)C(=Cc2cc(OC)c(OC)c(OC)c2)SC1=Nc1ccc(C(=O)O)cc1. The van der Waals surface area contributed by atoms with Crippen molar-refractivity contribution in [3.63, 3.8) is 0 Å². The molecule has 0 radical (unpaired) electrons. The van der Waals surface area contributed by atoms with Gasteiger partial charge in [0.1, 0.15) is 0 Å². The van der Waals surface area contributed by atoms with Crippen LogP contribution in [0.4, 0.5) is 5.69 Å². The molecule has 3 rings (SSSR count). The summed E-state index contributed by atoms with van der Waals surface area (Å²) in [6.07, 6.45) is 1.75. The van der Waals surface area contributed by atoms with Gasteiger partial charge in [-0.1, -0.05) is 0 Å². The largest absolute Gasteiger partial charge is 0.493 e. The van der Waals surface area contributed by atoms with Crippen molar-refractivity contribution >= 4 is 40.6 Å². The van der Waals surface area contributed by atoms with Crippen LogP contribution in [0, 0.1) is 0 Å². The van der Waals surface area contributed by atoms with Crippen molar-refractivity contribution in [1.82, 2.24) is 4.90 Å². The van der Waals surface area contributed by atoms with Gasteiger partial charge in [-0.2, -0.15) is 0 Å². The summed E-state index contributed by atoms with van der Waals surface area (Å²) in [5.74, 6) is 0.283. The van der Waals surface area contributed by atoms with E-state index in [9.17, 15) is 9.59 Å². The van der Waals surface area contributed by atoms with Crippen LogP contribution < -0.4 is 14.2 Å². The number of carboxylic acid groups (broad SMARTS) is 1. The molecule has 1 aliphatic heterocycles. The lowest BCUT2D eigenvalue weighted by molar-refractivity contribution is -0.122. The first kappa shape index (κ1) is 22.2. The third-order valence-electron chi connectivity index (χ3n) is 4.53. The Morgan fingerprint density at radius 3 is 2.19 bits per heavy atom. The zero-order chi connectivity index (χ0) is 22.5. The van der Waals surface area contributed by atoms with Gasteiger partial charge in [0.15, 0.2) is 16.7 Å². The van der Waals surface area contributed by atoms with Crippen molar-refractivity contribution < 1.29 is 28.9 Å². The standard InChI is InChI=1S/C22H22N2O6S/c1-5-24-20(25)18(12-13-10-16(28-2)19(30-4)17(11-13)29-3)31-22(24)23-15-8-6-14(7-9-15)21(26)27/h6-12H,5H2,1-4H3,(H,26,27). The number of hydrogen-bond acceptors (Lipinski definition) is 7. The molecule has 0 saturated carbocycles. The zero-order valence-electron chi connectivity index (χ0n) is 17.5. The first-order valence-corrected chi connectivity index (χ1v) is 10.2. The van der Waals surface area contributed by atoms with E-state index in [0.717, 1.165) is 0 Å². The van der Waals surface area contributed by atoms with Gasteiger partial charge in [0.25, 0.3) is 5.91 Å². The van der Waals surface area contributed by atoms with E-state index in [1.165, 1.54) is 45.2 Å². The lowest BCUT2D eigenvalue weighted by Gasteiger charge is -2.13. The molecule has 1 saturated heterocycles. The normalized spacial score (nSPS) is 16.1. The number of methoxy groups -OCH3 is 3. The van der Waals surface area contributed by atoms with E-state index in [-0.39, 0.29) is 11.5 Å². The van der Waals surface area contributed by atoms with Gasteiger partial charge in [-0.3, -0.25) is 9.69 Å². The summed E-state index contributed by atoms with van der Waals surface area (Å²) in [6.45, 7) is 2.31. The maximum atomic E-state index is 12.9. The molecule has 2 aromatic carbocycles. The van der Waals surface area contributed by atoms with Crippen LogP contribution in [-0.2, 0) is 4.79 Å². The van der Waals surface area contributed by atoms with Crippen molar-refractivity contribution in [2.24, 2.45) is 4.99 Å². The second-order valence-electron chi connectivity index (χ2n) is 6.37.